The standard InChI is InChI=1S/C34H38BrN5O3S/c1-22-9-7-10-23(2)31(22)29-16-30-38-33(37-29)40(21-42-6)44-28-12-8-11-24(15-28)32(41)39(19-26-14-13-25(35)18-36-26)27(20-43-30)17-34(3,4)5/h7-16,18,27H,17,19-21H2,1-6H3/t27-/m1/s1. The molecule has 1 amide bonds. The highest BCUT2D eigenvalue weighted by Crippen LogP contribution is 2.35. The number of hydrogen-bond acceptors (Lipinski definition) is 8. The van der Waals surface area contributed by atoms with Crippen LogP contribution in [0.2, 0.25) is 0 Å². The van der Waals surface area contributed by atoms with Gasteiger partial charge in [0.1, 0.15) is 13.3 Å². The number of aryl methyl sites for hydroxylation is 2. The number of pyridine rings is 1. The number of aromatic nitrogens is 3. The number of hydrogen-bond donors (Lipinski definition) is 0. The van der Waals surface area contributed by atoms with Gasteiger partial charge in [-0.05, 0) is 95.0 Å². The third kappa shape index (κ3) is 7.78. The minimum Gasteiger partial charge on any atom is -0.475 e. The van der Waals surface area contributed by atoms with Crippen molar-refractivity contribution in [3.63, 3.8) is 0 Å². The average Bonchev–Trinajstić information content (AvgIpc) is 2.98. The van der Waals surface area contributed by atoms with Gasteiger partial charge in [0.25, 0.3) is 5.91 Å². The predicted octanol–water partition coefficient (Wildman–Crippen LogP) is 7.88. The molecular formula is C34H38BrN5O3S. The van der Waals surface area contributed by atoms with Crippen molar-refractivity contribution in [1.29, 1.82) is 0 Å². The summed E-state index contributed by atoms with van der Waals surface area (Å²) < 4.78 is 14.9. The van der Waals surface area contributed by atoms with Gasteiger partial charge in [-0.3, -0.25) is 14.1 Å². The zero-order valence-electron chi connectivity index (χ0n) is 26.0. The van der Waals surface area contributed by atoms with Gasteiger partial charge >= 0.3 is 0 Å². The van der Waals surface area contributed by atoms with E-state index in [0.29, 0.717) is 30.4 Å². The first kappa shape index (κ1) is 31.9. The molecule has 3 heterocycles. The lowest BCUT2D eigenvalue weighted by Gasteiger charge is -2.35. The quantitative estimate of drug-likeness (QED) is 0.191. The molecule has 0 fully saturated rings. The molecule has 0 saturated carbocycles. The molecule has 44 heavy (non-hydrogen) atoms. The van der Waals surface area contributed by atoms with Crippen LogP contribution >= 0.6 is 27.9 Å². The van der Waals surface area contributed by atoms with Gasteiger partial charge < -0.3 is 14.4 Å². The monoisotopic (exact) mass is 675 g/mol. The average molecular weight is 677 g/mol. The maximum absolute atomic E-state index is 14.3. The summed E-state index contributed by atoms with van der Waals surface area (Å²) in [6.45, 7) is 11.5. The number of carbonyl (C=O) groups is 1. The van der Waals surface area contributed by atoms with E-state index < -0.39 is 0 Å². The lowest BCUT2D eigenvalue weighted by molar-refractivity contribution is 0.0509. The van der Waals surface area contributed by atoms with Gasteiger partial charge in [0, 0.05) is 39.9 Å². The highest BCUT2D eigenvalue weighted by molar-refractivity contribution is 9.10. The van der Waals surface area contributed by atoms with E-state index in [-0.39, 0.29) is 30.7 Å². The number of fused-ring (bicyclic) bond motifs is 4. The fraction of sp³-hybridized carbons (Fsp3) is 0.353. The van der Waals surface area contributed by atoms with Crippen LogP contribution in [-0.4, -0.2) is 52.2 Å². The normalized spacial score (nSPS) is 15.7. The van der Waals surface area contributed by atoms with Crippen LogP contribution in [0, 0.1) is 19.3 Å². The third-order valence-corrected chi connectivity index (χ3v) is 8.71. The summed E-state index contributed by atoms with van der Waals surface area (Å²) >= 11 is 4.89. The molecule has 230 valence electrons. The van der Waals surface area contributed by atoms with E-state index in [9.17, 15) is 4.79 Å². The van der Waals surface area contributed by atoms with Crippen molar-refractivity contribution in [3.05, 3.63) is 93.7 Å². The first-order valence-electron chi connectivity index (χ1n) is 14.5. The van der Waals surface area contributed by atoms with Gasteiger partial charge in [-0.25, -0.2) is 4.98 Å². The van der Waals surface area contributed by atoms with Crippen LogP contribution in [0.3, 0.4) is 0 Å². The Labute approximate surface area is 272 Å². The number of ether oxygens (including phenoxy) is 2. The Morgan fingerprint density at radius 2 is 1.80 bits per heavy atom. The van der Waals surface area contributed by atoms with Crippen LogP contribution in [0.25, 0.3) is 11.3 Å². The second kappa shape index (κ2) is 13.7. The Hall–Kier alpha value is -3.47. The van der Waals surface area contributed by atoms with Crippen LogP contribution in [0.1, 0.15) is 54.4 Å². The van der Waals surface area contributed by atoms with Crippen molar-refractivity contribution >= 4 is 39.7 Å². The first-order valence-corrected chi connectivity index (χ1v) is 16.1. The van der Waals surface area contributed by atoms with E-state index in [4.69, 9.17) is 19.4 Å². The number of anilines is 1. The number of halogens is 1. The molecule has 0 spiro atoms. The number of carbonyl (C=O) groups excluding carboxylic acids is 1. The van der Waals surface area contributed by atoms with E-state index in [1.165, 1.54) is 11.9 Å². The molecule has 1 aliphatic heterocycles. The smallest absolute Gasteiger partial charge is 0.254 e. The lowest BCUT2D eigenvalue weighted by atomic mass is 9.87. The molecule has 1 aliphatic rings. The van der Waals surface area contributed by atoms with Gasteiger partial charge in [-0.2, -0.15) is 4.98 Å². The second-order valence-electron chi connectivity index (χ2n) is 12.2. The van der Waals surface area contributed by atoms with Crippen molar-refractivity contribution < 1.29 is 14.3 Å². The van der Waals surface area contributed by atoms with E-state index in [0.717, 1.165) is 37.4 Å². The molecule has 5 rings (SSSR count). The number of nitrogens with zero attached hydrogens (tertiary/aromatic N) is 5. The Bertz CT molecular complexity index is 1610. The summed E-state index contributed by atoms with van der Waals surface area (Å²) in [5.41, 5.74) is 5.34. The first-order chi connectivity index (χ1) is 21.0. The van der Waals surface area contributed by atoms with Crippen LogP contribution in [0.15, 0.2) is 76.2 Å². The van der Waals surface area contributed by atoms with Crippen molar-refractivity contribution in [2.24, 2.45) is 5.41 Å². The highest BCUT2D eigenvalue weighted by atomic mass is 79.9. The van der Waals surface area contributed by atoms with Gasteiger partial charge in [0.15, 0.2) is 0 Å². The maximum Gasteiger partial charge on any atom is 0.254 e. The number of rotatable bonds is 6. The molecule has 0 N–H and O–H groups in total. The molecule has 4 bridgehead atoms. The van der Waals surface area contributed by atoms with E-state index >= 15 is 0 Å². The summed E-state index contributed by atoms with van der Waals surface area (Å²) in [7, 11) is 1.64. The summed E-state index contributed by atoms with van der Waals surface area (Å²) in [6.07, 6.45) is 2.47. The summed E-state index contributed by atoms with van der Waals surface area (Å²) in [5, 5.41) is 0. The van der Waals surface area contributed by atoms with Gasteiger partial charge in [-0.1, -0.05) is 45.0 Å². The molecule has 4 aromatic rings. The maximum atomic E-state index is 14.3. The zero-order chi connectivity index (χ0) is 31.4. The molecule has 0 radical (unpaired) electrons. The molecule has 2 aromatic carbocycles. The molecule has 8 nitrogen and oxygen atoms in total. The Kier molecular flexibility index (Phi) is 9.92. The Balaban J connectivity index is 1.66. The van der Waals surface area contributed by atoms with Crippen LogP contribution in [0.5, 0.6) is 5.88 Å². The highest BCUT2D eigenvalue weighted by Gasteiger charge is 2.31. The second-order valence-corrected chi connectivity index (χ2v) is 14.2. The van der Waals surface area contributed by atoms with Crippen molar-refractivity contribution in [2.75, 3.05) is 24.8 Å². The minimum absolute atomic E-state index is 0.0819. The molecule has 0 aliphatic carbocycles. The van der Waals surface area contributed by atoms with Crippen molar-refractivity contribution in [2.45, 2.75) is 58.5 Å². The Morgan fingerprint density at radius 3 is 2.48 bits per heavy atom. The minimum atomic E-state index is -0.262. The number of amides is 1. The lowest BCUT2D eigenvalue weighted by Crippen LogP contribution is -2.45. The SMILES string of the molecule is COCN1Sc2cccc(c2)C(=O)N(Cc2ccc(Br)cn2)[C@H](CC(C)(C)C)COc2cc(-c3c(C)cccc3C)nc1n2. The number of benzene rings is 2. The third-order valence-electron chi connectivity index (χ3n) is 7.29. The fourth-order valence-electron chi connectivity index (χ4n) is 5.35. The Morgan fingerprint density at radius 1 is 1.05 bits per heavy atom. The predicted molar refractivity (Wildman–Crippen MR) is 179 cm³/mol. The summed E-state index contributed by atoms with van der Waals surface area (Å²) in [4.78, 5) is 31.6. The summed E-state index contributed by atoms with van der Waals surface area (Å²) in [6, 6.07) is 19.4. The zero-order valence-corrected chi connectivity index (χ0v) is 28.4. The van der Waals surface area contributed by atoms with Crippen LogP contribution in [-0.2, 0) is 11.3 Å². The van der Waals surface area contributed by atoms with Crippen molar-refractivity contribution in [1.82, 2.24) is 19.9 Å². The van der Waals surface area contributed by atoms with Crippen LogP contribution < -0.4 is 9.04 Å². The fourth-order valence-corrected chi connectivity index (χ4v) is 6.48. The largest absolute Gasteiger partial charge is 0.475 e. The molecule has 0 unspecified atom stereocenters. The van der Waals surface area contributed by atoms with E-state index in [1.807, 2.05) is 57.7 Å². The molecule has 1 atom stereocenters. The molecular weight excluding hydrogens is 638 g/mol. The van der Waals surface area contributed by atoms with Gasteiger partial charge in [0.2, 0.25) is 11.8 Å². The number of methoxy groups -OCH3 is 1. The van der Waals surface area contributed by atoms with Crippen molar-refractivity contribution in [3.8, 4) is 17.1 Å². The molecule has 0 saturated heterocycles. The molecule has 2 aromatic heterocycles. The van der Waals surface area contributed by atoms with Gasteiger partial charge in [-0.15, -0.1) is 0 Å². The van der Waals surface area contributed by atoms with E-state index in [1.54, 1.807) is 13.3 Å². The van der Waals surface area contributed by atoms with Gasteiger partial charge in [0.05, 0.1) is 24.0 Å². The molecule has 10 heteroatoms. The topological polar surface area (TPSA) is 80.7 Å². The van der Waals surface area contributed by atoms with Crippen LogP contribution in [0.4, 0.5) is 5.95 Å². The van der Waals surface area contributed by atoms with E-state index in [2.05, 4.69) is 67.7 Å². The summed E-state index contributed by atoms with van der Waals surface area (Å²) in [5.74, 6) is 0.821.